The summed E-state index contributed by atoms with van der Waals surface area (Å²) in [6, 6.07) is 0. The molecule has 2 N–H and O–H groups in total. The van der Waals surface area contributed by atoms with E-state index in [9.17, 15) is 0 Å². The highest BCUT2D eigenvalue weighted by Crippen LogP contribution is 2.09. The van der Waals surface area contributed by atoms with E-state index in [-0.39, 0.29) is 6.61 Å². The van der Waals surface area contributed by atoms with Crippen molar-refractivity contribution in [2.24, 2.45) is 0 Å². The zero-order chi connectivity index (χ0) is 10.5. The van der Waals surface area contributed by atoms with Gasteiger partial charge in [-0.1, -0.05) is 0 Å². The summed E-state index contributed by atoms with van der Waals surface area (Å²) in [5.74, 6) is 0.730. The lowest BCUT2D eigenvalue weighted by molar-refractivity contribution is 0.286. The first-order valence-corrected chi connectivity index (χ1v) is 4.91. The molecule has 0 saturated heterocycles. The van der Waals surface area contributed by atoms with Gasteiger partial charge >= 0.3 is 0 Å². The van der Waals surface area contributed by atoms with Crippen molar-refractivity contribution < 1.29 is 5.11 Å². The fourth-order valence-corrected chi connectivity index (χ4v) is 1.33. The molecule has 6 nitrogen and oxygen atoms in total. The fourth-order valence-electron chi connectivity index (χ4n) is 1.33. The highest BCUT2D eigenvalue weighted by molar-refractivity contribution is 5.61. The minimum Gasteiger partial charge on any atom is -0.396 e. The van der Waals surface area contributed by atoms with Gasteiger partial charge in [-0.15, -0.1) is 10.2 Å². The van der Waals surface area contributed by atoms with Gasteiger partial charge in [-0.3, -0.25) is 4.40 Å². The lowest BCUT2D eigenvalue weighted by atomic mass is 10.3. The normalized spacial score (nSPS) is 10.7. The number of nitrogens with zero attached hydrogens (tertiary/aromatic N) is 4. The third kappa shape index (κ3) is 2.21. The minimum absolute atomic E-state index is 0.226. The molecule has 0 aliphatic heterocycles. The predicted molar refractivity (Wildman–Crippen MR) is 55.6 cm³/mol. The summed E-state index contributed by atoms with van der Waals surface area (Å²) in [5.41, 5.74) is 0.724. The number of fused-ring (bicyclic) bond motifs is 1. The second-order valence-electron chi connectivity index (χ2n) is 3.20. The van der Waals surface area contributed by atoms with Gasteiger partial charge in [-0.2, -0.15) is 0 Å². The standard InChI is InChI=1S/C9H13N5O/c15-6-2-1-3-10-8-9-13-12-7-14(9)5-4-11-8/h4-5,7,15H,1-3,6H2,(H,10,11). The number of rotatable bonds is 5. The van der Waals surface area contributed by atoms with Crippen LogP contribution in [0.5, 0.6) is 0 Å². The van der Waals surface area contributed by atoms with Crippen molar-refractivity contribution >= 4 is 11.5 Å². The molecule has 2 heterocycles. The summed E-state index contributed by atoms with van der Waals surface area (Å²) in [5, 5.41) is 19.6. The summed E-state index contributed by atoms with van der Waals surface area (Å²) in [6.45, 7) is 1.00. The van der Waals surface area contributed by atoms with E-state index in [0.29, 0.717) is 0 Å². The summed E-state index contributed by atoms with van der Waals surface area (Å²) in [7, 11) is 0. The number of nitrogens with one attached hydrogen (secondary N) is 1. The highest BCUT2D eigenvalue weighted by Gasteiger charge is 2.02. The number of hydrogen-bond donors (Lipinski definition) is 2. The van der Waals surface area contributed by atoms with E-state index in [2.05, 4.69) is 20.5 Å². The first-order valence-electron chi connectivity index (χ1n) is 4.91. The SMILES string of the molecule is OCCCCNc1nccn2cnnc12. The number of aliphatic hydroxyl groups is 1. The Morgan fingerprint density at radius 1 is 1.40 bits per heavy atom. The van der Waals surface area contributed by atoms with Gasteiger partial charge in [0, 0.05) is 25.5 Å². The smallest absolute Gasteiger partial charge is 0.203 e. The summed E-state index contributed by atoms with van der Waals surface area (Å²) in [6.07, 6.45) is 6.84. The lowest BCUT2D eigenvalue weighted by Crippen LogP contribution is -2.05. The zero-order valence-corrected chi connectivity index (χ0v) is 8.30. The maximum Gasteiger partial charge on any atom is 0.203 e. The first kappa shape index (κ1) is 9.85. The molecule has 0 atom stereocenters. The molecule has 2 aromatic rings. The van der Waals surface area contributed by atoms with Crippen LogP contribution in [-0.2, 0) is 0 Å². The Labute approximate surface area is 87.0 Å². The molecule has 0 spiro atoms. The Hall–Kier alpha value is -1.69. The molecule has 0 saturated carbocycles. The predicted octanol–water partition coefficient (Wildman–Crippen LogP) is 0.309. The van der Waals surface area contributed by atoms with Crippen LogP contribution in [0, 0.1) is 0 Å². The number of anilines is 1. The van der Waals surface area contributed by atoms with Crippen LogP contribution in [-0.4, -0.2) is 37.8 Å². The molecular formula is C9H13N5O. The van der Waals surface area contributed by atoms with E-state index < -0.39 is 0 Å². The molecule has 2 aromatic heterocycles. The van der Waals surface area contributed by atoms with Crippen LogP contribution in [0.3, 0.4) is 0 Å². The Balaban J connectivity index is 2.04. The third-order valence-electron chi connectivity index (χ3n) is 2.09. The van der Waals surface area contributed by atoms with Gasteiger partial charge < -0.3 is 10.4 Å². The van der Waals surface area contributed by atoms with E-state index in [1.165, 1.54) is 0 Å². The molecule has 0 unspecified atom stereocenters. The van der Waals surface area contributed by atoms with Crippen LogP contribution >= 0.6 is 0 Å². The van der Waals surface area contributed by atoms with Crippen LogP contribution in [0.25, 0.3) is 5.65 Å². The van der Waals surface area contributed by atoms with E-state index in [1.54, 1.807) is 23.1 Å². The van der Waals surface area contributed by atoms with Crippen LogP contribution < -0.4 is 5.32 Å². The van der Waals surface area contributed by atoms with Crippen LogP contribution in [0.1, 0.15) is 12.8 Å². The van der Waals surface area contributed by atoms with Crippen molar-refractivity contribution in [3.05, 3.63) is 18.7 Å². The largest absolute Gasteiger partial charge is 0.396 e. The topological polar surface area (TPSA) is 75.3 Å². The molecule has 0 aromatic carbocycles. The van der Waals surface area contributed by atoms with Crippen molar-refractivity contribution in [2.45, 2.75) is 12.8 Å². The average molecular weight is 207 g/mol. The van der Waals surface area contributed by atoms with Crippen molar-refractivity contribution in [3.8, 4) is 0 Å². The molecule has 2 rings (SSSR count). The van der Waals surface area contributed by atoms with Gasteiger partial charge in [0.2, 0.25) is 5.65 Å². The molecule has 6 heteroatoms. The average Bonchev–Trinajstić information content (AvgIpc) is 2.73. The van der Waals surface area contributed by atoms with Crippen LogP contribution in [0.15, 0.2) is 18.7 Å². The summed E-state index contributed by atoms with van der Waals surface area (Å²) < 4.78 is 1.81. The third-order valence-corrected chi connectivity index (χ3v) is 2.09. The van der Waals surface area contributed by atoms with E-state index >= 15 is 0 Å². The van der Waals surface area contributed by atoms with Crippen molar-refractivity contribution in [3.63, 3.8) is 0 Å². The zero-order valence-electron chi connectivity index (χ0n) is 8.30. The Morgan fingerprint density at radius 3 is 3.20 bits per heavy atom. The van der Waals surface area contributed by atoms with Gasteiger partial charge in [0.25, 0.3) is 0 Å². The van der Waals surface area contributed by atoms with Gasteiger partial charge in [-0.25, -0.2) is 4.98 Å². The molecule has 0 aliphatic carbocycles. The summed E-state index contributed by atoms with van der Waals surface area (Å²) in [4.78, 5) is 4.18. The summed E-state index contributed by atoms with van der Waals surface area (Å²) >= 11 is 0. The Morgan fingerprint density at radius 2 is 2.33 bits per heavy atom. The minimum atomic E-state index is 0.226. The van der Waals surface area contributed by atoms with Gasteiger partial charge in [0.1, 0.15) is 6.33 Å². The number of aliphatic hydroxyl groups excluding tert-OH is 1. The van der Waals surface area contributed by atoms with Crippen molar-refractivity contribution in [1.29, 1.82) is 0 Å². The number of aromatic nitrogens is 4. The lowest BCUT2D eigenvalue weighted by Gasteiger charge is -2.04. The maximum absolute atomic E-state index is 8.63. The monoisotopic (exact) mass is 207 g/mol. The second kappa shape index (κ2) is 4.70. The number of unbranched alkanes of at least 4 members (excludes halogenated alkanes) is 1. The molecule has 80 valence electrons. The molecule has 15 heavy (non-hydrogen) atoms. The number of hydrogen-bond acceptors (Lipinski definition) is 5. The molecule has 0 bridgehead atoms. The molecule has 0 amide bonds. The van der Waals surface area contributed by atoms with E-state index in [1.807, 2.05) is 0 Å². The van der Waals surface area contributed by atoms with E-state index in [0.717, 1.165) is 30.9 Å². The molecule has 0 aliphatic rings. The van der Waals surface area contributed by atoms with E-state index in [4.69, 9.17) is 5.11 Å². The fraction of sp³-hybridized carbons (Fsp3) is 0.444. The van der Waals surface area contributed by atoms with Crippen molar-refractivity contribution in [1.82, 2.24) is 19.6 Å². The Kier molecular flexibility index (Phi) is 3.08. The molecular weight excluding hydrogens is 194 g/mol. The highest BCUT2D eigenvalue weighted by atomic mass is 16.2. The van der Waals surface area contributed by atoms with Crippen molar-refractivity contribution in [2.75, 3.05) is 18.5 Å². The second-order valence-corrected chi connectivity index (χ2v) is 3.20. The first-order chi connectivity index (χ1) is 7.42. The molecule has 0 fully saturated rings. The molecule has 0 radical (unpaired) electrons. The van der Waals surface area contributed by atoms with Crippen LogP contribution in [0.4, 0.5) is 5.82 Å². The van der Waals surface area contributed by atoms with Crippen LogP contribution in [0.2, 0.25) is 0 Å². The maximum atomic E-state index is 8.63. The Bertz CT molecular complexity index is 427. The quantitative estimate of drug-likeness (QED) is 0.690. The van der Waals surface area contributed by atoms with Gasteiger partial charge in [-0.05, 0) is 12.8 Å². The van der Waals surface area contributed by atoms with Gasteiger partial charge in [0.15, 0.2) is 5.82 Å². The van der Waals surface area contributed by atoms with Gasteiger partial charge in [0.05, 0.1) is 0 Å².